The second-order valence-electron chi connectivity index (χ2n) is 8.89. The number of fused-ring (bicyclic) bond motifs is 1. The quantitative estimate of drug-likeness (QED) is 0.290. The van der Waals surface area contributed by atoms with Crippen LogP contribution in [0.1, 0.15) is 37.0 Å². The van der Waals surface area contributed by atoms with E-state index in [0.29, 0.717) is 19.0 Å². The minimum absolute atomic E-state index is 0.104. The number of Topliss-reactive ketones (excluding diaryl/α,β-unsaturated/α-hetero) is 1. The van der Waals surface area contributed by atoms with Crippen LogP contribution >= 0.6 is 0 Å². The standard InChI is InChI=1S/C23H32F3N7O3/c1-15(36-9-5-4-8-27)11-29-19-10-20(35)32-14-22(2,23(24,25)26)33(21(32)31-19)13-17(34)16-6-7-18(28-3)30-12-16/h6-7,10,12,15,29H,4-5,8-9,11,13-14,27H2,1-3H3,(H,28,30)/t15-,22-/m0/s1. The molecule has 2 aromatic heterocycles. The van der Waals surface area contributed by atoms with Gasteiger partial charge in [0.2, 0.25) is 5.95 Å². The summed E-state index contributed by atoms with van der Waals surface area (Å²) in [6.45, 7) is 2.86. The predicted molar refractivity (Wildman–Crippen MR) is 131 cm³/mol. The smallest absolute Gasteiger partial charge is 0.377 e. The number of hydrogen-bond acceptors (Lipinski definition) is 9. The van der Waals surface area contributed by atoms with Crippen molar-refractivity contribution in [3.8, 4) is 0 Å². The molecule has 198 valence electrons. The number of ether oxygens (including phenoxy) is 1. The van der Waals surface area contributed by atoms with Crippen LogP contribution < -0.4 is 26.8 Å². The summed E-state index contributed by atoms with van der Waals surface area (Å²) < 4.78 is 49.3. The highest BCUT2D eigenvalue weighted by Gasteiger charge is 2.60. The van der Waals surface area contributed by atoms with Crippen LogP contribution in [0.2, 0.25) is 0 Å². The molecule has 1 aliphatic rings. The highest BCUT2D eigenvalue weighted by atomic mass is 19.4. The Labute approximate surface area is 207 Å². The number of aromatic nitrogens is 3. The molecule has 10 nitrogen and oxygen atoms in total. The molecule has 3 heterocycles. The van der Waals surface area contributed by atoms with E-state index in [9.17, 15) is 22.8 Å². The number of nitrogens with one attached hydrogen (secondary N) is 2. The summed E-state index contributed by atoms with van der Waals surface area (Å²) in [5.74, 6) is -0.192. The molecule has 1 aliphatic heterocycles. The molecule has 0 saturated carbocycles. The van der Waals surface area contributed by atoms with Crippen molar-refractivity contribution < 1.29 is 22.7 Å². The van der Waals surface area contributed by atoms with Gasteiger partial charge >= 0.3 is 6.18 Å². The maximum Gasteiger partial charge on any atom is 0.413 e. The zero-order chi connectivity index (χ0) is 26.5. The molecule has 0 spiro atoms. The van der Waals surface area contributed by atoms with Crippen molar-refractivity contribution in [3.63, 3.8) is 0 Å². The van der Waals surface area contributed by atoms with Gasteiger partial charge in [-0.15, -0.1) is 0 Å². The number of unbranched alkanes of at least 4 members (excludes halogenated alkanes) is 1. The lowest BCUT2D eigenvalue weighted by Gasteiger charge is -2.36. The van der Waals surface area contributed by atoms with E-state index in [2.05, 4.69) is 20.6 Å². The molecule has 3 rings (SSSR count). The van der Waals surface area contributed by atoms with Gasteiger partial charge in [0.05, 0.1) is 19.2 Å². The van der Waals surface area contributed by atoms with Crippen LogP contribution in [0.3, 0.4) is 0 Å². The largest absolute Gasteiger partial charge is 0.413 e. The fourth-order valence-corrected chi connectivity index (χ4v) is 3.82. The number of halogens is 3. The van der Waals surface area contributed by atoms with Crippen LogP contribution in [0.15, 0.2) is 29.2 Å². The lowest BCUT2D eigenvalue weighted by Crippen LogP contribution is -2.57. The number of anilines is 3. The topological polar surface area (TPSA) is 127 Å². The molecule has 0 amide bonds. The van der Waals surface area contributed by atoms with E-state index in [-0.39, 0.29) is 30.0 Å². The molecule has 13 heteroatoms. The Balaban J connectivity index is 1.84. The summed E-state index contributed by atoms with van der Waals surface area (Å²) in [6.07, 6.45) is -2.02. The minimum atomic E-state index is -4.73. The first-order valence-electron chi connectivity index (χ1n) is 11.7. The van der Waals surface area contributed by atoms with Gasteiger partial charge in [0.1, 0.15) is 11.6 Å². The molecular weight excluding hydrogens is 479 g/mol. The summed E-state index contributed by atoms with van der Waals surface area (Å²) in [7, 11) is 1.66. The van der Waals surface area contributed by atoms with E-state index in [1.54, 1.807) is 13.1 Å². The minimum Gasteiger partial charge on any atom is -0.377 e. The summed E-state index contributed by atoms with van der Waals surface area (Å²) in [5, 5.41) is 5.77. The van der Waals surface area contributed by atoms with Gasteiger partial charge in [-0.05, 0) is 45.4 Å². The summed E-state index contributed by atoms with van der Waals surface area (Å²) in [5.41, 5.74) is 2.46. The van der Waals surface area contributed by atoms with Crippen LogP contribution in [0.5, 0.6) is 0 Å². The van der Waals surface area contributed by atoms with Crippen molar-refractivity contribution >= 4 is 23.4 Å². The van der Waals surface area contributed by atoms with Gasteiger partial charge in [-0.25, -0.2) is 4.98 Å². The molecular formula is C23H32F3N7O3. The molecule has 2 atom stereocenters. The average Bonchev–Trinajstić information content (AvgIpc) is 3.13. The molecule has 0 radical (unpaired) electrons. The van der Waals surface area contributed by atoms with Gasteiger partial charge in [-0.3, -0.25) is 14.2 Å². The van der Waals surface area contributed by atoms with E-state index < -0.39 is 36.1 Å². The third-order valence-corrected chi connectivity index (χ3v) is 6.12. The van der Waals surface area contributed by atoms with Crippen molar-refractivity contribution in [3.05, 3.63) is 40.3 Å². The Kier molecular flexibility index (Phi) is 8.56. The van der Waals surface area contributed by atoms with E-state index in [1.165, 1.54) is 12.3 Å². The molecule has 0 saturated heterocycles. The number of carbonyl (C=O) groups is 1. The van der Waals surface area contributed by atoms with Crippen molar-refractivity contribution in [1.29, 1.82) is 0 Å². The number of pyridine rings is 1. The van der Waals surface area contributed by atoms with E-state index in [0.717, 1.165) is 35.3 Å². The van der Waals surface area contributed by atoms with Gasteiger partial charge in [0, 0.05) is 38.0 Å². The van der Waals surface area contributed by atoms with Crippen LogP contribution in [-0.2, 0) is 11.3 Å². The van der Waals surface area contributed by atoms with Crippen molar-refractivity contribution in [2.45, 2.75) is 51.1 Å². The second-order valence-corrected chi connectivity index (χ2v) is 8.89. The van der Waals surface area contributed by atoms with Crippen LogP contribution in [0, 0.1) is 0 Å². The van der Waals surface area contributed by atoms with Gasteiger partial charge in [-0.1, -0.05) is 0 Å². The Hall–Kier alpha value is -3.19. The Morgan fingerprint density at radius 2 is 2.06 bits per heavy atom. The zero-order valence-corrected chi connectivity index (χ0v) is 20.6. The van der Waals surface area contributed by atoms with Gasteiger partial charge in [-0.2, -0.15) is 18.2 Å². The maximum atomic E-state index is 14.2. The summed E-state index contributed by atoms with van der Waals surface area (Å²) in [4.78, 5) is 34.9. The monoisotopic (exact) mass is 511 g/mol. The first kappa shape index (κ1) is 27.4. The Bertz CT molecular complexity index is 1110. The normalized spacial score (nSPS) is 18.1. The number of hydrogen-bond donors (Lipinski definition) is 3. The van der Waals surface area contributed by atoms with Crippen molar-refractivity contribution in [1.82, 2.24) is 14.5 Å². The number of nitrogens with zero attached hydrogens (tertiary/aromatic N) is 4. The average molecular weight is 512 g/mol. The lowest BCUT2D eigenvalue weighted by molar-refractivity contribution is -0.181. The second kappa shape index (κ2) is 11.2. The zero-order valence-electron chi connectivity index (χ0n) is 20.6. The molecule has 0 bridgehead atoms. The maximum absolute atomic E-state index is 14.2. The van der Waals surface area contributed by atoms with E-state index >= 15 is 0 Å². The first-order chi connectivity index (χ1) is 17.0. The molecule has 0 aliphatic carbocycles. The SMILES string of the molecule is CNc1ccc(C(=O)CN2c3nc(NC[C@H](C)OCCCCN)cc(=O)n3C[C@@]2(C)C(F)(F)F)cn1. The highest BCUT2D eigenvalue weighted by molar-refractivity contribution is 5.99. The summed E-state index contributed by atoms with van der Waals surface area (Å²) >= 11 is 0. The van der Waals surface area contributed by atoms with Crippen LogP contribution in [0.25, 0.3) is 0 Å². The fourth-order valence-electron chi connectivity index (χ4n) is 3.82. The summed E-state index contributed by atoms with van der Waals surface area (Å²) in [6, 6.07) is 4.18. The van der Waals surface area contributed by atoms with Crippen molar-refractivity contribution in [2.75, 3.05) is 48.8 Å². The van der Waals surface area contributed by atoms with Crippen molar-refractivity contribution in [2.24, 2.45) is 5.73 Å². The number of alkyl halides is 3. The van der Waals surface area contributed by atoms with Gasteiger partial charge in [0.15, 0.2) is 11.3 Å². The van der Waals surface area contributed by atoms with E-state index in [4.69, 9.17) is 10.5 Å². The Morgan fingerprint density at radius 3 is 2.67 bits per heavy atom. The third kappa shape index (κ3) is 5.95. The van der Waals surface area contributed by atoms with Crippen LogP contribution in [-0.4, -0.2) is 71.4 Å². The highest BCUT2D eigenvalue weighted by Crippen LogP contribution is 2.43. The molecule has 36 heavy (non-hydrogen) atoms. The van der Waals surface area contributed by atoms with E-state index in [1.807, 2.05) is 6.92 Å². The van der Waals surface area contributed by atoms with Gasteiger partial charge in [0.25, 0.3) is 5.56 Å². The fraction of sp³-hybridized carbons (Fsp3) is 0.565. The number of nitrogens with two attached hydrogens (primary N) is 1. The van der Waals surface area contributed by atoms with Gasteiger partial charge < -0.3 is 26.0 Å². The lowest BCUT2D eigenvalue weighted by atomic mass is 10.00. The third-order valence-electron chi connectivity index (χ3n) is 6.12. The predicted octanol–water partition coefficient (Wildman–Crippen LogP) is 2.26. The molecule has 0 fully saturated rings. The Morgan fingerprint density at radius 1 is 1.31 bits per heavy atom. The number of rotatable bonds is 12. The first-order valence-corrected chi connectivity index (χ1v) is 11.7. The number of ketones is 1. The molecule has 2 aromatic rings. The molecule has 4 N–H and O–H groups in total. The number of carbonyl (C=O) groups excluding carboxylic acids is 1. The van der Waals surface area contributed by atoms with Crippen LogP contribution in [0.4, 0.5) is 30.8 Å². The molecule has 0 unspecified atom stereocenters. The molecule has 0 aromatic carbocycles.